The Morgan fingerprint density at radius 2 is 2.07 bits per heavy atom. The number of rotatable bonds is 3. The summed E-state index contributed by atoms with van der Waals surface area (Å²) in [5.74, 6) is 0. The van der Waals surface area contributed by atoms with Crippen LogP contribution in [0.25, 0.3) is 0 Å². The van der Waals surface area contributed by atoms with E-state index >= 15 is 0 Å². The Labute approximate surface area is 92.6 Å². The highest BCUT2D eigenvalue weighted by atomic mass is 32.2. The van der Waals surface area contributed by atoms with Crippen LogP contribution in [-0.4, -0.2) is 55.8 Å². The molecule has 0 bridgehead atoms. The van der Waals surface area contributed by atoms with Crippen LogP contribution in [0.3, 0.4) is 0 Å². The average molecular weight is 235 g/mol. The highest BCUT2D eigenvalue weighted by molar-refractivity contribution is 7.86. The first-order valence-corrected chi connectivity index (χ1v) is 6.72. The number of hydrogen-bond donors (Lipinski definition) is 1. The summed E-state index contributed by atoms with van der Waals surface area (Å²) in [6.07, 6.45) is 0. The van der Waals surface area contributed by atoms with E-state index < -0.39 is 10.2 Å². The first-order valence-electron chi connectivity index (χ1n) is 5.32. The molecule has 1 fully saturated rings. The van der Waals surface area contributed by atoms with Crippen LogP contribution in [-0.2, 0) is 10.2 Å². The molecule has 1 atom stereocenters. The monoisotopic (exact) mass is 235 g/mol. The van der Waals surface area contributed by atoms with E-state index in [4.69, 9.17) is 0 Å². The third-order valence-electron chi connectivity index (χ3n) is 2.75. The van der Waals surface area contributed by atoms with Crippen molar-refractivity contribution in [3.63, 3.8) is 0 Å². The highest BCUT2D eigenvalue weighted by Gasteiger charge is 2.31. The number of hydrogen-bond acceptors (Lipinski definition) is 3. The van der Waals surface area contributed by atoms with Crippen LogP contribution in [0.15, 0.2) is 0 Å². The molecule has 1 N–H and O–H groups in total. The molecule has 1 heterocycles. The standard InChI is InChI=1S/C9H21N3O2S/c1-8(2)11(4)15(13,14)12-6-5-10-9(3)7-12/h8-10H,5-7H2,1-4H3. The van der Waals surface area contributed by atoms with Crippen LogP contribution in [0.5, 0.6) is 0 Å². The molecule has 0 radical (unpaired) electrons. The zero-order chi connectivity index (χ0) is 11.6. The summed E-state index contributed by atoms with van der Waals surface area (Å²) in [6, 6.07) is 0.231. The van der Waals surface area contributed by atoms with Crippen molar-refractivity contribution < 1.29 is 8.42 Å². The minimum Gasteiger partial charge on any atom is -0.312 e. The maximum Gasteiger partial charge on any atom is 0.282 e. The van der Waals surface area contributed by atoms with Gasteiger partial charge >= 0.3 is 0 Å². The average Bonchev–Trinajstić information content (AvgIpc) is 2.16. The smallest absolute Gasteiger partial charge is 0.282 e. The zero-order valence-corrected chi connectivity index (χ0v) is 10.7. The Balaban J connectivity index is 2.77. The largest absolute Gasteiger partial charge is 0.312 e. The van der Waals surface area contributed by atoms with Gasteiger partial charge in [0.2, 0.25) is 0 Å². The van der Waals surface area contributed by atoms with Gasteiger partial charge in [0.1, 0.15) is 0 Å². The Kier molecular flexibility index (Phi) is 4.11. The lowest BCUT2D eigenvalue weighted by atomic mass is 10.3. The molecule has 1 aliphatic heterocycles. The molecule has 0 aromatic rings. The Bertz CT molecular complexity index is 302. The van der Waals surface area contributed by atoms with Gasteiger partial charge in [-0.1, -0.05) is 0 Å². The number of nitrogens with zero attached hydrogens (tertiary/aromatic N) is 2. The van der Waals surface area contributed by atoms with E-state index in [2.05, 4.69) is 5.32 Å². The van der Waals surface area contributed by atoms with Gasteiger partial charge in [-0.05, 0) is 20.8 Å². The maximum absolute atomic E-state index is 12.1. The Morgan fingerprint density at radius 3 is 2.53 bits per heavy atom. The van der Waals surface area contributed by atoms with E-state index in [1.54, 1.807) is 11.4 Å². The maximum atomic E-state index is 12.1. The lowest BCUT2D eigenvalue weighted by Crippen LogP contribution is -2.55. The lowest BCUT2D eigenvalue weighted by molar-refractivity contribution is 0.279. The second-order valence-corrected chi connectivity index (χ2v) is 6.32. The van der Waals surface area contributed by atoms with Crippen LogP contribution in [0.4, 0.5) is 0 Å². The van der Waals surface area contributed by atoms with Crippen molar-refractivity contribution in [2.75, 3.05) is 26.7 Å². The predicted molar refractivity (Wildman–Crippen MR) is 60.9 cm³/mol. The molecule has 1 aliphatic rings. The van der Waals surface area contributed by atoms with E-state index in [1.165, 1.54) is 4.31 Å². The van der Waals surface area contributed by atoms with Gasteiger partial charge in [0.05, 0.1) is 0 Å². The molecule has 6 heteroatoms. The van der Waals surface area contributed by atoms with Gasteiger partial charge in [0.25, 0.3) is 10.2 Å². The van der Waals surface area contributed by atoms with Crippen molar-refractivity contribution in [3.05, 3.63) is 0 Å². The summed E-state index contributed by atoms with van der Waals surface area (Å²) in [5, 5.41) is 3.23. The van der Waals surface area contributed by atoms with E-state index in [0.717, 1.165) is 6.54 Å². The summed E-state index contributed by atoms with van der Waals surface area (Å²) >= 11 is 0. The molecular weight excluding hydrogens is 214 g/mol. The summed E-state index contributed by atoms with van der Waals surface area (Å²) in [5.41, 5.74) is 0. The van der Waals surface area contributed by atoms with Crippen LogP contribution < -0.4 is 5.32 Å². The molecule has 1 rings (SSSR count). The zero-order valence-electron chi connectivity index (χ0n) is 9.90. The van der Waals surface area contributed by atoms with Gasteiger partial charge in [0, 0.05) is 38.8 Å². The quantitative estimate of drug-likeness (QED) is 0.741. The molecular formula is C9H21N3O2S. The van der Waals surface area contributed by atoms with E-state index in [-0.39, 0.29) is 12.1 Å². The Hall–Kier alpha value is -0.170. The van der Waals surface area contributed by atoms with Gasteiger partial charge in [0.15, 0.2) is 0 Å². The third kappa shape index (κ3) is 2.90. The molecule has 1 saturated heterocycles. The molecule has 0 amide bonds. The molecule has 5 nitrogen and oxygen atoms in total. The topological polar surface area (TPSA) is 52.7 Å². The minimum atomic E-state index is -3.27. The highest BCUT2D eigenvalue weighted by Crippen LogP contribution is 2.12. The van der Waals surface area contributed by atoms with Gasteiger partial charge in [-0.2, -0.15) is 17.0 Å². The van der Waals surface area contributed by atoms with Crippen LogP contribution >= 0.6 is 0 Å². The van der Waals surface area contributed by atoms with Crippen LogP contribution in [0, 0.1) is 0 Å². The predicted octanol–water partition coefficient (Wildman–Crippen LogP) is -0.135. The molecule has 0 spiro atoms. The fourth-order valence-corrected chi connectivity index (χ4v) is 3.19. The van der Waals surface area contributed by atoms with Crippen molar-refractivity contribution in [1.82, 2.24) is 13.9 Å². The fraction of sp³-hybridized carbons (Fsp3) is 1.00. The molecule has 90 valence electrons. The number of nitrogens with one attached hydrogen (secondary N) is 1. The normalized spacial score (nSPS) is 25.1. The van der Waals surface area contributed by atoms with Crippen LogP contribution in [0.2, 0.25) is 0 Å². The molecule has 15 heavy (non-hydrogen) atoms. The SMILES string of the molecule is CC1CN(S(=O)(=O)N(C)C(C)C)CCN1. The second kappa shape index (κ2) is 4.78. The molecule has 0 aromatic carbocycles. The first kappa shape index (κ1) is 12.9. The number of piperazine rings is 1. The fourth-order valence-electron chi connectivity index (χ4n) is 1.56. The Morgan fingerprint density at radius 1 is 1.47 bits per heavy atom. The van der Waals surface area contributed by atoms with Crippen molar-refractivity contribution in [2.24, 2.45) is 0 Å². The van der Waals surface area contributed by atoms with Gasteiger partial charge < -0.3 is 5.32 Å². The van der Waals surface area contributed by atoms with Crippen molar-refractivity contribution in [2.45, 2.75) is 32.9 Å². The first-order chi connectivity index (χ1) is 6.85. The van der Waals surface area contributed by atoms with Crippen molar-refractivity contribution in [1.29, 1.82) is 0 Å². The van der Waals surface area contributed by atoms with Gasteiger partial charge in [-0.25, -0.2) is 0 Å². The van der Waals surface area contributed by atoms with E-state index in [1.807, 2.05) is 20.8 Å². The summed E-state index contributed by atoms with van der Waals surface area (Å²) in [6.45, 7) is 7.60. The van der Waals surface area contributed by atoms with E-state index in [0.29, 0.717) is 13.1 Å². The van der Waals surface area contributed by atoms with Gasteiger partial charge in [-0.3, -0.25) is 0 Å². The summed E-state index contributed by atoms with van der Waals surface area (Å²) < 4.78 is 27.2. The molecule has 0 saturated carbocycles. The van der Waals surface area contributed by atoms with Crippen LogP contribution in [0.1, 0.15) is 20.8 Å². The molecule has 0 aromatic heterocycles. The lowest BCUT2D eigenvalue weighted by Gasteiger charge is -2.34. The van der Waals surface area contributed by atoms with Gasteiger partial charge in [-0.15, -0.1) is 0 Å². The molecule has 0 aliphatic carbocycles. The summed E-state index contributed by atoms with van der Waals surface area (Å²) in [7, 11) is -1.64. The third-order valence-corrected chi connectivity index (χ3v) is 4.88. The minimum absolute atomic E-state index is 0.000178. The van der Waals surface area contributed by atoms with E-state index in [9.17, 15) is 8.42 Å². The summed E-state index contributed by atoms with van der Waals surface area (Å²) in [4.78, 5) is 0. The van der Waals surface area contributed by atoms with Crippen molar-refractivity contribution in [3.8, 4) is 0 Å². The van der Waals surface area contributed by atoms with Crippen molar-refractivity contribution >= 4 is 10.2 Å². The second-order valence-electron chi connectivity index (χ2n) is 4.33. The molecule has 1 unspecified atom stereocenters.